The first-order chi connectivity index (χ1) is 10.8. The van der Waals surface area contributed by atoms with Crippen LogP contribution < -0.4 is 0 Å². The van der Waals surface area contributed by atoms with Crippen molar-refractivity contribution in [2.75, 3.05) is 33.3 Å². The number of halogens is 1. The van der Waals surface area contributed by atoms with Crippen LogP contribution in [0.2, 0.25) is 0 Å². The van der Waals surface area contributed by atoms with Crippen LogP contribution >= 0.6 is 0 Å². The minimum absolute atomic E-state index is 0.0168. The SMILES string of the molecule is CCN(CCO)C(=O)CCCN(C)S(=O)(=O)c1ccc(F)cc1. The third kappa shape index (κ3) is 5.56. The van der Waals surface area contributed by atoms with E-state index in [9.17, 15) is 17.6 Å². The van der Waals surface area contributed by atoms with Crippen molar-refractivity contribution in [2.24, 2.45) is 0 Å². The molecule has 0 aliphatic rings. The van der Waals surface area contributed by atoms with Gasteiger partial charge in [0.1, 0.15) is 5.82 Å². The van der Waals surface area contributed by atoms with Crippen LogP contribution in [0.1, 0.15) is 19.8 Å². The Kier molecular flexibility index (Phi) is 7.60. The smallest absolute Gasteiger partial charge is 0.242 e. The second kappa shape index (κ2) is 8.95. The number of carbonyl (C=O) groups is 1. The highest BCUT2D eigenvalue weighted by molar-refractivity contribution is 7.89. The third-order valence-electron chi connectivity index (χ3n) is 3.49. The van der Waals surface area contributed by atoms with E-state index in [1.54, 1.807) is 0 Å². The number of nitrogens with zero attached hydrogens (tertiary/aromatic N) is 2. The summed E-state index contributed by atoms with van der Waals surface area (Å²) in [6, 6.07) is 4.62. The summed E-state index contributed by atoms with van der Waals surface area (Å²) < 4.78 is 38.6. The molecule has 8 heteroatoms. The van der Waals surface area contributed by atoms with Crippen molar-refractivity contribution in [3.05, 3.63) is 30.1 Å². The van der Waals surface area contributed by atoms with Crippen LogP contribution in [0.5, 0.6) is 0 Å². The Bertz CT molecular complexity index is 604. The van der Waals surface area contributed by atoms with Crippen LogP contribution in [0.4, 0.5) is 4.39 Å². The molecular formula is C15H23FN2O4S. The van der Waals surface area contributed by atoms with E-state index in [1.807, 2.05) is 6.92 Å². The van der Waals surface area contributed by atoms with Crippen molar-refractivity contribution in [3.8, 4) is 0 Å². The molecule has 23 heavy (non-hydrogen) atoms. The molecule has 0 bridgehead atoms. The Morgan fingerprint density at radius 2 is 1.83 bits per heavy atom. The number of carbonyl (C=O) groups excluding carboxylic acids is 1. The number of aliphatic hydroxyl groups is 1. The highest BCUT2D eigenvalue weighted by atomic mass is 32.2. The molecule has 0 radical (unpaired) electrons. The van der Waals surface area contributed by atoms with Crippen molar-refractivity contribution < 1.29 is 22.7 Å². The van der Waals surface area contributed by atoms with Gasteiger partial charge in [0.25, 0.3) is 0 Å². The number of benzene rings is 1. The molecule has 1 amide bonds. The maximum absolute atomic E-state index is 12.9. The van der Waals surface area contributed by atoms with E-state index in [1.165, 1.54) is 24.1 Å². The molecular weight excluding hydrogens is 323 g/mol. The first-order valence-corrected chi connectivity index (χ1v) is 8.87. The fourth-order valence-electron chi connectivity index (χ4n) is 2.10. The molecule has 0 fully saturated rings. The number of rotatable bonds is 9. The van der Waals surface area contributed by atoms with Gasteiger partial charge in [-0.1, -0.05) is 0 Å². The molecule has 0 heterocycles. The molecule has 0 aromatic heterocycles. The zero-order chi connectivity index (χ0) is 17.5. The van der Waals surface area contributed by atoms with Crippen LogP contribution in [0.15, 0.2) is 29.2 Å². The van der Waals surface area contributed by atoms with Crippen molar-refractivity contribution in [1.82, 2.24) is 9.21 Å². The molecule has 0 saturated heterocycles. The van der Waals surface area contributed by atoms with Crippen molar-refractivity contribution in [2.45, 2.75) is 24.7 Å². The van der Waals surface area contributed by atoms with Crippen molar-refractivity contribution in [3.63, 3.8) is 0 Å². The largest absolute Gasteiger partial charge is 0.395 e. The van der Waals surface area contributed by atoms with Gasteiger partial charge in [0.15, 0.2) is 0 Å². The Hall–Kier alpha value is -1.51. The number of aliphatic hydroxyl groups excluding tert-OH is 1. The normalized spacial score (nSPS) is 11.7. The topological polar surface area (TPSA) is 77.9 Å². The summed E-state index contributed by atoms with van der Waals surface area (Å²) >= 11 is 0. The number of hydrogen-bond acceptors (Lipinski definition) is 4. The second-order valence-corrected chi connectivity index (χ2v) is 7.13. The fraction of sp³-hybridized carbons (Fsp3) is 0.533. The van der Waals surface area contributed by atoms with Crippen LogP contribution in [-0.2, 0) is 14.8 Å². The number of sulfonamides is 1. The van der Waals surface area contributed by atoms with Crippen LogP contribution in [0.3, 0.4) is 0 Å². The molecule has 0 saturated carbocycles. The molecule has 130 valence electrons. The maximum atomic E-state index is 12.9. The number of amides is 1. The summed E-state index contributed by atoms with van der Waals surface area (Å²) in [4.78, 5) is 13.4. The highest BCUT2D eigenvalue weighted by Gasteiger charge is 2.21. The maximum Gasteiger partial charge on any atom is 0.242 e. The van der Waals surface area contributed by atoms with Gasteiger partial charge in [0.05, 0.1) is 11.5 Å². The van der Waals surface area contributed by atoms with Gasteiger partial charge in [0, 0.05) is 33.1 Å². The molecule has 1 aromatic rings. The van der Waals surface area contributed by atoms with Gasteiger partial charge >= 0.3 is 0 Å². The van der Waals surface area contributed by atoms with Gasteiger partial charge in [-0.15, -0.1) is 0 Å². The Labute approximate surface area is 136 Å². The van der Waals surface area contributed by atoms with E-state index in [0.717, 1.165) is 16.4 Å². The molecule has 0 aliphatic heterocycles. The Morgan fingerprint density at radius 3 is 2.35 bits per heavy atom. The summed E-state index contributed by atoms with van der Waals surface area (Å²) in [7, 11) is -2.26. The monoisotopic (exact) mass is 346 g/mol. The van der Waals surface area contributed by atoms with Gasteiger partial charge in [-0.05, 0) is 37.6 Å². The summed E-state index contributed by atoms with van der Waals surface area (Å²) in [5.41, 5.74) is 0. The lowest BCUT2D eigenvalue weighted by atomic mass is 10.2. The summed E-state index contributed by atoms with van der Waals surface area (Å²) in [5.74, 6) is -0.616. The zero-order valence-corrected chi connectivity index (χ0v) is 14.2. The molecule has 1 N–H and O–H groups in total. The number of likely N-dealkylation sites (N-methyl/N-ethyl adjacent to an activating group) is 1. The Balaban J connectivity index is 2.57. The summed E-state index contributed by atoms with van der Waals surface area (Å²) in [6.45, 7) is 2.68. The van der Waals surface area contributed by atoms with E-state index in [2.05, 4.69) is 0 Å². The van der Waals surface area contributed by atoms with Gasteiger partial charge in [-0.25, -0.2) is 17.1 Å². The molecule has 0 unspecified atom stereocenters. The Morgan fingerprint density at radius 1 is 1.22 bits per heavy atom. The minimum Gasteiger partial charge on any atom is -0.395 e. The second-order valence-electron chi connectivity index (χ2n) is 5.08. The molecule has 6 nitrogen and oxygen atoms in total. The lowest BCUT2D eigenvalue weighted by molar-refractivity contribution is -0.131. The predicted molar refractivity (Wildman–Crippen MR) is 84.8 cm³/mol. The van der Waals surface area contributed by atoms with Gasteiger partial charge in [0.2, 0.25) is 15.9 Å². The van der Waals surface area contributed by atoms with Gasteiger partial charge in [-0.3, -0.25) is 4.79 Å². The average molecular weight is 346 g/mol. The first kappa shape index (κ1) is 19.5. The highest BCUT2D eigenvalue weighted by Crippen LogP contribution is 2.15. The molecule has 1 aromatic carbocycles. The van der Waals surface area contributed by atoms with Gasteiger partial charge < -0.3 is 10.0 Å². The van der Waals surface area contributed by atoms with E-state index >= 15 is 0 Å². The molecule has 0 spiro atoms. The average Bonchev–Trinajstić information content (AvgIpc) is 2.52. The minimum atomic E-state index is -3.69. The van der Waals surface area contributed by atoms with Crippen LogP contribution in [0.25, 0.3) is 0 Å². The summed E-state index contributed by atoms with van der Waals surface area (Å²) in [6.07, 6.45) is 0.578. The van der Waals surface area contributed by atoms with E-state index < -0.39 is 15.8 Å². The molecule has 0 aliphatic carbocycles. The predicted octanol–water partition coefficient (Wildman–Crippen LogP) is 1.07. The van der Waals surface area contributed by atoms with Crippen molar-refractivity contribution in [1.29, 1.82) is 0 Å². The molecule has 0 atom stereocenters. The molecule has 1 rings (SSSR count). The lowest BCUT2D eigenvalue weighted by Gasteiger charge is -2.21. The third-order valence-corrected chi connectivity index (χ3v) is 5.36. The van der Waals surface area contributed by atoms with Crippen LogP contribution in [0, 0.1) is 5.82 Å². The number of hydrogen-bond donors (Lipinski definition) is 1. The van der Waals surface area contributed by atoms with Gasteiger partial charge in [-0.2, -0.15) is 0 Å². The quantitative estimate of drug-likeness (QED) is 0.725. The van der Waals surface area contributed by atoms with E-state index in [0.29, 0.717) is 13.0 Å². The van der Waals surface area contributed by atoms with E-state index in [4.69, 9.17) is 5.11 Å². The lowest BCUT2D eigenvalue weighted by Crippen LogP contribution is -2.34. The fourth-order valence-corrected chi connectivity index (χ4v) is 3.31. The van der Waals surface area contributed by atoms with Crippen molar-refractivity contribution >= 4 is 15.9 Å². The summed E-state index contributed by atoms with van der Waals surface area (Å²) in [5, 5.41) is 8.87. The zero-order valence-electron chi connectivity index (χ0n) is 13.4. The standard InChI is InChI=1S/C15H23FN2O4S/c1-3-18(11-12-19)15(20)5-4-10-17(2)23(21,22)14-8-6-13(16)7-9-14/h6-9,19H,3-5,10-12H2,1-2H3. The first-order valence-electron chi connectivity index (χ1n) is 7.43. The van der Waals surface area contributed by atoms with E-state index in [-0.39, 0.29) is 36.9 Å². The van der Waals surface area contributed by atoms with Crippen LogP contribution in [-0.4, -0.2) is 61.9 Å².